The van der Waals surface area contributed by atoms with Crippen molar-refractivity contribution in [3.8, 4) is 0 Å². The first kappa shape index (κ1) is 19.3. The number of anilines is 2. The number of nitrogens with zero attached hydrogens (tertiary/aromatic N) is 2. The number of fused-ring (bicyclic) bond motifs is 1. The second kappa shape index (κ2) is 8.96. The Morgan fingerprint density at radius 1 is 1.22 bits per heavy atom. The average molecular weight is 388 g/mol. The Hall–Kier alpha value is -2.45. The third kappa shape index (κ3) is 5.27. The van der Waals surface area contributed by atoms with Gasteiger partial charge in [0.05, 0.1) is 18.8 Å². The maximum absolute atomic E-state index is 12.3. The van der Waals surface area contributed by atoms with E-state index in [1.165, 1.54) is 16.9 Å². The molecule has 0 spiro atoms. The first-order chi connectivity index (χ1) is 13.1. The number of nitrogens with one attached hydrogen (secondary N) is 2. The number of benzene rings is 1. The number of carbonyl (C=O) groups excluding carboxylic acids is 2. The van der Waals surface area contributed by atoms with Crippen LogP contribution in [-0.4, -0.2) is 41.6 Å². The Balaban J connectivity index is 1.53. The van der Waals surface area contributed by atoms with Gasteiger partial charge in [-0.05, 0) is 31.0 Å². The number of thiazole rings is 1. The fraction of sp³-hybridized carbons (Fsp3) is 0.421. The molecule has 0 saturated heterocycles. The van der Waals surface area contributed by atoms with E-state index in [-0.39, 0.29) is 5.91 Å². The summed E-state index contributed by atoms with van der Waals surface area (Å²) in [6.45, 7) is 5.92. The smallest absolute Gasteiger partial charge is 0.413 e. The zero-order chi connectivity index (χ0) is 19.2. The summed E-state index contributed by atoms with van der Waals surface area (Å²) in [4.78, 5) is 31.5. The summed E-state index contributed by atoms with van der Waals surface area (Å²) < 4.78 is 4.88. The summed E-state index contributed by atoms with van der Waals surface area (Å²) in [7, 11) is 0. The Morgan fingerprint density at radius 3 is 2.70 bits per heavy atom. The summed E-state index contributed by atoms with van der Waals surface area (Å²) in [6.07, 6.45) is 1.25. The van der Waals surface area contributed by atoms with Gasteiger partial charge in [-0.25, -0.2) is 9.78 Å². The van der Waals surface area contributed by atoms with E-state index in [1.807, 2.05) is 24.3 Å². The van der Waals surface area contributed by atoms with Crippen molar-refractivity contribution < 1.29 is 14.3 Å². The number of aromatic nitrogens is 1. The molecular formula is C19H24N4O3S. The minimum atomic E-state index is -0.492. The van der Waals surface area contributed by atoms with Crippen molar-refractivity contribution in [1.29, 1.82) is 0 Å². The van der Waals surface area contributed by atoms with Crippen LogP contribution in [0.5, 0.6) is 0 Å². The zero-order valence-corrected chi connectivity index (χ0v) is 16.4. The maximum atomic E-state index is 12.3. The molecule has 27 heavy (non-hydrogen) atoms. The highest BCUT2D eigenvalue weighted by Gasteiger charge is 2.23. The second-order valence-corrected chi connectivity index (χ2v) is 7.38. The molecule has 144 valence electrons. The molecule has 2 N–H and O–H groups in total. The first-order valence-corrected chi connectivity index (χ1v) is 9.92. The molecule has 0 saturated carbocycles. The lowest BCUT2D eigenvalue weighted by Gasteiger charge is -2.25. The molecule has 0 aliphatic carbocycles. The minimum Gasteiger partial charge on any atom is -0.450 e. The van der Waals surface area contributed by atoms with Crippen LogP contribution in [0, 0.1) is 0 Å². The fourth-order valence-corrected chi connectivity index (χ4v) is 3.95. The van der Waals surface area contributed by atoms with E-state index in [9.17, 15) is 9.59 Å². The largest absolute Gasteiger partial charge is 0.450 e. The number of carbonyl (C=O) groups is 2. The van der Waals surface area contributed by atoms with Crippen LogP contribution < -0.4 is 10.6 Å². The average Bonchev–Trinajstić information content (AvgIpc) is 3.03. The van der Waals surface area contributed by atoms with Crippen molar-refractivity contribution >= 4 is 34.2 Å². The molecule has 0 unspecified atom stereocenters. The normalized spacial score (nSPS) is 13.7. The topological polar surface area (TPSA) is 83.6 Å². The SMILES string of the molecule is CCOC(=O)Nc1nc2c(s1)CN(CC(=O)Nc1ccc(CC)cc1)CC2. The lowest BCUT2D eigenvalue weighted by Crippen LogP contribution is -2.36. The van der Waals surface area contributed by atoms with E-state index in [4.69, 9.17) is 4.74 Å². The van der Waals surface area contributed by atoms with E-state index in [2.05, 4.69) is 27.4 Å². The standard InChI is InChI=1S/C19H24N4O3S/c1-3-13-5-7-14(8-6-13)20-17(24)12-23-10-9-15-16(11-23)27-18(21-15)22-19(25)26-4-2/h5-8H,3-4,9-12H2,1-2H3,(H,20,24)(H,21,22,25). The fourth-order valence-electron chi connectivity index (χ4n) is 2.92. The monoisotopic (exact) mass is 388 g/mol. The van der Waals surface area contributed by atoms with Gasteiger partial charge in [0.1, 0.15) is 0 Å². The molecule has 2 amide bonds. The van der Waals surface area contributed by atoms with Gasteiger partial charge in [0.15, 0.2) is 5.13 Å². The molecule has 1 aromatic heterocycles. The Labute approximate surface area is 162 Å². The van der Waals surface area contributed by atoms with Gasteiger partial charge in [0, 0.05) is 30.1 Å². The number of ether oxygens (including phenoxy) is 1. The molecule has 8 heteroatoms. The van der Waals surface area contributed by atoms with Gasteiger partial charge in [-0.15, -0.1) is 0 Å². The Kier molecular flexibility index (Phi) is 6.41. The third-order valence-electron chi connectivity index (χ3n) is 4.31. The number of rotatable bonds is 6. The second-order valence-electron chi connectivity index (χ2n) is 6.29. The van der Waals surface area contributed by atoms with Gasteiger partial charge < -0.3 is 10.1 Å². The van der Waals surface area contributed by atoms with Crippen LogP contribution in [0.1, 0.15) is 30.0 Å². The van der Waals surface area contributed by atoms with Crippen LogP contribution in [0.4, 0.5) is 15.6 Å². The molecule has 1 aromatic carbocycles. The van der Waals surface area contributed by atoms with Crippen LogP contribution in [0.15, 0.2) is 24.3 Å². The van der Waals surface area contributed by atoms with Gasteiger partial charge >= 0.3 is 6.09 Å². The lowest BCUT2D eigenvalue weighted by molar-refractivity contribution is -0.117. The van der Waals surface area contributed by atoms with Crippen molar-refractivity contribution in [1.82, 2.24) is 9.88 Å². The van der Waals surface area contributed by atoms with Crippen LogP contribution in [0.2, 0.25) is 0 Å². The summed E-state index contributed by atoms with van der Waals surface area (Å²) in [6, 6.07) is 7.92. The summed E-state index contributed by atoms with van der Waals surface area (Å²) in [5.41, 5.74) is 3.04. The van der Waals surface area contributed by atoms with Crippen molar-refractivity contribution in [3.63, 3.8) is 0 Å². The number of amides is 2. The molecule has 3 rings (SSSR count). The molecule has 7 nitrogen and oxygen atoms in total. The Bertz CT molecular complexity index is 804. The molecule has 0 atom stereocenters. The molecule has 0 fully saturated rings. The molecule has 2 aromatic rings. The van der Waals surface area contributed by atoms with Crippen LogP contribution in [-0.2, 0) is 28.9 Å². The predicted octanol–water partition coefficient (Wildman–Crippen LogP) is 3.27. The van der Waals surface area contributed by atoms with Gasteiger partial charge in [0.25, 0.3) is 0 Å². The van der Waals surface area contributed by atoms with Crippen molar-refractivity contribution in [2.24, 2.45) is 0 Å². The van der Waals surface area contributed by atoms with E-state index in [0.717, 1.165) is 35.6 Å². The number of hydrogen-bond acceptors (Lipinski definition) is 6. The highest BCUT2D eigenvalue weighted by molar-refractivity contribution is 7.15. The molecule has 0 bridgehead atoms. The minimum absolute atomic E-state index is 0.0305. The third-order valence-corrected chi connectivity index (χ3v) is 5.31. The predicted molar refractivity (Wildman–Crippen MR) is 106 cm³/mol. The van der Waals surface area contributed by atoms with E-state index >= 15 is 0 Å². The lowest BCUT2D eigenvalue weighted by atomic mass is 10.1. The van der Waals surface area contributed by atoms with Crippen molar-refractivity contribution in [3.05, 3.63) is 40.4 Å². The van der Waals surface area contributed by atoms with Gasteiger partial charge in [-0.2, -0.15) is 0 Å². The summed E-state index contributed by atoms with van der Waals surface area (Å²) >= 11 is 1.43. The summed E-state index contributed by atoms with van der Waals surface area (Å²) in [5.74, 6) is -0.0305. The van der Waals surface area contributed by atoms with Crippen LogP contribution in [0.3, 0.4) is 0 Å². The zero-order valence-electron chi connectivity index (χ0n) is 15.6. The molecule has 1 aliphatic rings. The van der Waals surface area contributed by atoms with Crippen molar-refractivity contribution in [2.75, 3.05) is 30.3 Å². The summed E-state index contributed by atoms with van der Waals surface area (Å²) in [5, 5.41) is 6.13. The van der Waals surface area contributed by atoms with Gasteiger partial charge in [-0.3, -0.25) is 15.0 Å². The molecule has 0 radical (unpaired) electrons. The maximum Gasteiger partial charge on any atom is 0.413 e. The quantitative estimate of drug-likeness (QED) is 0.793. The van der Waals surface area contributed by atoms with E-state index in [0.29, 0.717) is 24.8 Å². The molecule has 1 aliphatic heterocycles. The number of aryl methyl sites for hydroxylation is 1. The van der Waals surface area contributed by atoms with Crippen LogP contribution >= 0.6 is 11.3 Å². The van der Waals surface area contributed by atoms with Gasteiger partial charge in [-0.1, -0.05) is 30.4 Å². The Morgan fingerprint density at radius 2 is 2.00 bits per heavy atom. The van der Waals surface area contributed by atoms with Crippen molar-refractivity contribution in [2.45, 2.75) is 33.2 Å². The number of hydrogen-bond donors (Lipinski definition) is 2. The molecular weight excluding hydrogens is 364 g/mol. The van der Waals surface area contributed by atoms with Gasteiger partial charge in [0.2, 0.25) is 5.91 Å². The molecule has 2 heterocycles. The van der Waals surface area contributed by atoms with Crippen LogP contribution in [0.25, 0.3) is 0 Å². The highest BCUT2D eigenvalue weighted by Crippen LogP contribution is 2.28. The van der Waals surface area contributed by atoms with E-state index in [1.54, 1.807) is 6.92 Å². The van der Waals surface area contributed by atoms with E-state index < -0.39 is 6.09 Å². The highest BCUT2D eigenvalue weighted by atomic mass is 32.1. The first-order valence-electron chi connectivity index (χ1n) is 9.10.